The van der Waals surface area contributed by atoms with Crippen LogP contribution < -0.4 is 20.9 Å². The van der Waals surface area contributed by atoms with Crippen LogP contribution in [0.1, 0.15) is 44.1 Å². The van der Waals surface area contributed by atoms with Gasteiger partial charge in [0.1, 0.15) is 41.6 Å². The Bertz CT molecular complexity index is 3450. The van der Waals surface area contributed by atoms with Crippen LogP contribution in [0.5, 0.6) is 0 Å². The van der Waals surface area contributed by atoms with Gasteiger partial charge in [-0.1, -0.05) is 65.7 Å². The Morgan fingerprint density at radius 2 is 1.26 bits per heavy atom. The van der Waals surface area contributed by atoms with Crippen molar-refractivity contribution in [3.8, 4) is 22.3 Å². The third-order valence-electron chi connectivity index (χ3n) is 14.5. The maximum absolute atomic E-state index is 15.7. The smallest absolute Gasteiger partial charge is 0.407 e. The molecule has 13 rings (SSSR count). The van der Waals surface area contributed by atoms with Crippen molar-refractivity contribution in [1.82, 2.24) is 54.8 Å². The molecule has 8 atom stereocenters. The molecule has 20 heteroatoms. The molecule has 4 aliphatic rings. The monoisotopic (exact) mass is 984 g/mol. The molecule has 0 saturated carbocycles. The quantitative estimate of drug-likeness (QED) is 0.119. The number of aryl methyl sites for hydroxylation is 2. The second-order valence-corrected chi connectivity index (χ2v) is 19.6. The minimum atomic E-state index is -1.26. The van der Waals surface area contributed by atoms with Crippen molar-refractivity contribution >= 4 is 85.1 Å². The number of H-pyrrole nitrogens is 2. The zero-order valence-corrected chi connectivity index (χ0v) is 39.6. The van der Waals surface area contributed by atoms with Crippen molar-refractivity contribution in [1.29, 1.82) is 0 Å². The topological polar surface area (TPSA) is 190 Å². The van der Waals surface area contributed by atoms with Crippen molar-refractivity contribution in [3.63, 3.8) is 0 Å². The highest BCUT2D eigenvalue weighted by molar-refractivity contribution is 6.39. The number of nitrogens with zero attached hydrogens (tertiary/aromatic N) is 10. The molecule has 4 saturated heterocycles. The minimum absolute atomic E-state index is 0.0417. The number of nitrogens with one attached hydrogen (secondary N) is 3. The van der Waals surface area contributed by atoms with Gasteiger partial charge in [-0.3, -0.25) is 9.36 Å². The number of amides is 1. The molecule has 4 bridgehead atoms. The molecule has 3 aromatic carbocycles. The molecule has 0 aliphatic carbocycles. The number of carbonyl (C=O) groups excluding carboxylic acids is 1. The van der Waals surface area contributed by atoms with Crippen LogP contribution in [0.4, 0.5) is 25.2 Å². The number of alkyl halides is 2. The number of alkyl carbamates (subject to hydrolysis) is 1. The summed E-state index contributed by atoms with van der Waals surface area (Å²) in [5.74, 6) is 1.32. The first-order chi connectivity index (χ1) is 34.0. The molecule has 70 heavy (non-hydrogen) atoms. The normalized spacial score (nSPS) is 23.9. The molecule has 16 nitrogen and oxygen atoms in total. The molecule has 4 aliphatic heterocycles. The minimum Gasteiger partial charge on any atom is -0.445 e. The lowest BCUT2D eigenvalue weighted by atomic mass is 9.95. The molecule has 358 valence electrons. The van der Waals surface area contributed by atoms with Crippen LogP contribution in [0.15, 0.2) is 91.8 Å². The highest BCUT2D eigenvalue weighted by Crippen LogP contribution is 2.44. The fourth-order valence-electron chi connectivity index (χ4n) is 11.3. The molecule has 5 N–H and O–H groups in total. The van der Waals surface area contributed by atoms with Gasteiger partial charge in [-0.25, -0.2) is 33.5 Å². The first kappa shape index (κ1) is 44.3. The fourth-order valence-corrected chi connectivity index (χ4v) is 11.9. The van der Waals surface area contributed by atoms with Crippen molar-refractivity contribution in [3.05, 3.63) is 107 Å². The van der Waals surface area contributed by atoms with E-state index in [1.807, 2.05) is 98.4 Å². The lowest BCUT2D eigenvalue weighted by Gasteiger charge is -2.41. The van der Waals surface area contributed by atoms with Gasteiger partial charge in [0.15, 0.2) is 11.3 Å². The number of halogens is 4. The lowest BCUT2D eigenvalue weighted by Crippen LogP contribution is -2.58. The Labute approximate surface area is 409 Å². The maximum Gasteiger partial charge on any atom is 0.407 e. The highest BCUT2D eigenvalue weighted by atomic mass is 35.5. The van der Waals surface area contributed by atoms with Crippen molar-refractivity contribution in [2.45, 2.75) is 93.7 Å². The van der Waals surface area contributed by atoms with Crippen LogP contribution in [0.3, 0.4) is 0 Å². The number of benzene rings is 3. The number of fused-ring (bicyclic) bond motifs is 8. The van der Waals surface area contributed by atoms with E-state index in [0.717, 1.165) is 74.4 Å². The van der Waals surface area contributed by atoms with Gasteiger partial charge in [-0.15, -0.1) is 0 Å². The number of piperidine rings is 2. The van der Waals surface area contributed by atoms with Gasteiger partial charge in [0, 0.05) is 90.0 Å². The van der Waals surface area contributed by atoms with E-state index in [1.54, 1.807) is 21.8 Å². The summed E-state index contributed by atoms with van der Waals surface area (Å²) >= 11 is 13.5. The number of nitrogens with two attached hydrogens (primary N) is 1. The standard InChI is InChI=1S/C29H27ClFN7O2.C21H21ClFN7/c1-37-14-20-21(36-37)9-8-18(25(20)30)19-12-33-28-27(19)32-13-24(35-28)38-17-7-10-23(38)26(31)22(11-17)34-29(39)40-15-16-5-3-2-4-6-16;1-29-9-13-15(28-29)4-3-11(18(13)22)12-7-26-21-20(12)25-8-17(27-21)30-10-2-5-16(30)19(23)14(24)6-10/h2-6,8-9,12-14,17,22-23,26H,7,10-11,15H2,1H3,(H,33,35)(H,34,39);3-4,7-10,14,16,19H,2,5-6,24H2,1H3,(H,26,27)/t17-,22-,23+,26-;10-,14-,16+,19-/m00/s1. The van der Waals surface area contributed by atoms with Gasteiger partial charge in [-0.2, -0.15) is 10.2 Å². The number of aromatic amines is 2. The molecule has 1 amide bonds. The number of hydrogen-bond donors (Lipinski definition) is 4. The summed E-state index contributed by atoms with van der Waals surface area (Å²) < 4.78 is 39.2. The molecular formula is C50H48Cl2F2N14O2. The van der Waals surface area contributed by atoms with Gasteiger partial charge in [0.2, 0.25) is 0 Å². The number of rotatable bonds is 7. The molecule has 0 radical (unpaired) electrons. The third kappa shape index (κ3) is 7.63. The summed E-state index contributed by atoms with van der Waals surface area (Å²) in [6.45, 7) is 0.143. The van der Waals surface area contributed by atoms with E-state index in [1.165, 1.54) is 0 Å². The SMILES string of the molecule is Cn1cc2c(Cl)c(-c3c[nH]c4nc(N5[C@H]6CC[C@@H]5[C@@H](F)[C@@H](N)C6)cnc34)ccc2n1.Cn1cc2c(Cl)c(-c3c[nH]c4nc(N5[C@H]6CC[C@@H]5[C@@H](F)[C@@H](NC(=O)OCc5ccccc5)C6)cnc34)ccc2n1. The first-order valence-corrected chi connectivity index (χ1v) is 24.2. The average Bonchev–Trinajstić information content (AvgIpc) is 4.23. The molecule has 6 aromatic heterocycles. The van der Waals surface area contributed by atoms with E-state index in [0.29, 0.717) is 57.8 Å². The summed E-state index contributed by atoms with van der Waals surface area (Å²) in [4.78, 5) is 42.0. The zero-order chi connectivity index (χ0) is 47.9. The average molecular weight is 986 g/mol. The van der Waals surface area contributed by atoms with Crippen molar-refractivity contribution in [2.75, 3.05) is 9.80 Å². The summed E-state index contributed by atoms with van der Waals surface area (Å²) in [5, 5.41) is 14.6. The fraction of sp³-hybridized carbons (Fsp3) is 0.340. The van der Waals surface area contributed by atoms with Crippen LogP contribution in [0.25, 0.3) is 66.4 Å². The highest BCUT2D eigenvalue weighted by Gasteiger charge is 2.50. The first-order valence-electron chi connectivity index (χ1n) is 23.5. The largest absolute Gasteiger partial charge is 0.445 e. The van der Waals surface area contributed by atoms with E-state index in [4.69, 9.17) is 53.6 Å². The van der Waals surface area contributed by atoms with Crippen molar-refractivity contribution < 1.29 is 18.3 Å². The summed E-state index contributed by atoms with van der Waals surface area (Å²) in [7, 11) is 3.73. The predicted molar refractivity (Wildman–Crippen MR) is 266 cm³/mol. The summed E-state index contributed by atoms with van der Waals surface area (Å²) in [6, 6.07) is 15.8. The lowest BCUT2D eigenvalue weighted by molar-refractivity contribution is 0.117. The van der Waals surface area contributed by atoms with E-state index in [-0.39, 0.29) is 24.7 Å². The number of ether oxygens (including phenoxy) is 1. The van der Waals surface area contributed by atoms with Crippen LogP contribution in [-0.2, 0) is 25.4 Å². The van der Waals surface area contributed by atoms with Gasteiger partial charge in [-0.05, 0) is 56.2 Å². The van der Waals surface area contributed by atoms with Gasteiger partial charge < -0.3 is 35.6 Å². The molecule has 0 unspecified atom stereocenters. The Balaban J connectivity index is 0.000000150. The van der Waals surface area contributed by atoms with E-state index < -0.39 is 36.6 Å². The van der Waals surface area contributed by atoms with Gasteiger partial charge in [0.25, 0.3) is 0 Å². The molecule has 4 fully saturated rings. The number of carbonyl (C=O) groups is 1. The van der Waals surface area contributed by atoms with Crippen molar-refractivity contribution in [2.24, 2.45) is 19.8 Å². The van der Waals surface area contributed by atoms with E-state index in [2.05, 4.69) is 30.4 Å². The van der Waals surface area contributed by atoms with Crippen LogP contribution >= 0.6 is 23.2 Å². The molecule has 0 spiro atoms. The zero-order valence-electron chi connectivity index (χ0n) is 38.1. The molecule has 9 aromatic rings. The summed E-state index contributed by atoms with van der Waals surface area (Å²) in [5.41, 5.74) is 14.7. The van der Waals surface area contributed by atoms with Crippen LogP contribution in [0, 0.1) is 0 Å². The Hall–Kier alpha value is -6.89. The van der Waals surface area contributed by atoms with E-state index >= 15 is 4.39 Å². The summed E-state index contributed by atoms with van der Waals surface area (Å²) in [6.07, 6.45) is 12.4. The Kier molecular flexibility index (Phi) is 11.1. The van der Waals surface area contributed by atoms with Crippen LogP contribution in [0.2, 0.25) is 10.0 Å². The number of aromatic nitrogens is 10. The maximum atomic E-state index is 15.7. The third-order valence-corrected chi connectivity index (χ3v) is 15.3. The molecule has 10 heterocycles. The second-order valence-electron chi connectivity index (χ2n) is 18.8. The van der Waals surface area contributed by atoms with E-state index in [9.17, 15) is 9.18 Å². The Morgan fingerprint density at radius 1 is 0.729 bits per heavy atom. The molecular weight excluding hydrogens is 938 g/mol. The Morgan fingerprint density at radius 3 is 1.81 bits per heavy atom. The van der Waals surface area contributed by atoms with Gasteiger partial charge >= 0.3 is 6.09 Å². The second kappa shape index (κ2) is 17.5. The number of hydrogen-bond acceptors (Lipinski definition) is 11. The van der Waals surface area contributed by atoms with Crippen LogP contribution in [-0.4, -0.2) is 104 Å². The van der Waals surface area contributed by atoms with Gasteiger partial charge in [0.05, 0.1) is 51.6 Å². The number of anilines is 2. The predicted octanol–water partition coefficient (Wildman–Crippen LogP) is 9.11.